The van der Waals surface area contributed by atoms with Crippen molar-refractivity contribution in [2.75, 3.05) is 26.6 Å². The number of para-hydroxylation sites is 2. The van der Waals surface area contributed by atoms with Gasteiger partial charge in [0.25, 0.3) is 0 Å². The number of fused-ring (bicyclic) bond motifs is 2. The van der Waals surface area contributed by atoms with Gasteiger partial charge in [0.05, 0.1) is 0 Å². The summed E-state index contributed by atoms with van der Waals surface area (Å²) in [6, 6.07) is 15.3. The maximum Gasteiger partial charge on any atom is 0.173 e. The Morgan fingerprint density at radius 2 is 1.18 bits per heavy atom. The fourth-order valence-electron chi connectivity index (χ4n) is 6.01. The molecule has 0 fully saturated rings. The van der Waals surface area contributed by atoms with Gasteiger partial charge in [0, 0.05) is 37.3 Å². The number of hydrogen-bond acceptors (Lipinski definition) is 5. The normalized spacial score (nSPS) is 16.1. The Morgan fingerprint density at radius 3 is 1.59 bits per heavy atom. The highest BCUT2D eigenvalue weighted by Gasteiger charge is 2.33. The molecule has 0 saturated heterocycles. The van der Waals surface area contributed by atoms with Crippen molar-refractivity contribution in [1.82, 2.24) is 9.80 Å². The summed E-state index contributed by atoms with van der Waals surface area (Å²) in [4.78, 5) is 4.85. The zero-order valence-electron chi connectivity index (χ0n) is 24.6. The molecule has 0 saturated carbocycles. The average molecular weight is 565 g/mol. The predicted molar refractivity (Wildman–Crippen MR) is 167 cm³/mol. The second-order valence-electron chi connectivity index (χ2n) is 12.3. The van der Waals surface area contributed by atoms with E-state index in [-0.39, 0.29) is 0 Å². The molecule has 2 aromatic rings. The lowest BCUT2D eigenvalue weighted by Crippen LogP contribution is -2.45. The molecule has 5 nitrogen and oxygen atoms in total. The molecule has 2 aliphatic heterocycles. The Hall–Kier alpha value is -2.17. The number of ether oxygens (including phenoxy) is 2. The van der Waals surface area contributed by atoms with Crippen LogP contribution in [0.25, 0.3) is 0 Å². The monoisotopic (exact) mass is 564 g/mol. The van der Waals surface area contributed by atoms with Crippen molar-refractivity contribution in [3.05, 3.63) is 84.0 Å². The molecule has 0 aliphatic carbocycles. The van der Waals surface area contributed by atoms with Gasteiger partial charge in [-0.1, -0.05) is 48.6 Å². The molecule has 2 aromatic carbocycles. The van der Waals surface area contributed by atoms with Gasteiger partial charge in [0.15, 0.2) is 16.6 Å². The largest absolute Gasteiger partial charge is 0.477 e. The molecule has 0 spiro atoms. The van der Waals surface area contributed by atoms with Crippen LogP contribution >= 0.6 is 0 Å². The first kappa shape index (κ1) is 29.8. The van der Waals surface area contributed by atoms with Gasteiger partial charge in [-0.25, -0.2) is 0 Å². The second kappa shape index (κ2) is 13.5. The van der Waals surface area contributed by atoms with Crippen molar-refractivity contribution in [1.29, 1.82) is 0 Å². The second-order valence-corrected chi connectivity index (χ2v) is 21.1. The van der Waals surface area contributed by atoms with Crippen LogP contribution in [0.2, 0.25) is 38.3 Å². The van der Waals surface area contributed by atoms with Crippen LogP contribution in [0.3, 0.4) is 0 Å². The van der Waals surface area contributed by atoms with Gasteiger partial charge in [-0.15, -0.1) is 13.2 Å². The Labute approximate surface area is 238 Å². The summed E-state index contributed by atoms with van der Waals surface area (Å²) in [6.07, 6.45) is 7.93. The van der Waals surface area contributed by atoms with Crippen LogP contribution < -0.4 is 9.47 Å². The summed E-state index contributed by atoms with van der Waals surface area (Å²) in [7, 11) is -3.46. The minimum atomic E-state index is -1.73. The summed E-state index contributed by atoms with van der Waals surface area (Å²) in [6.45, 7) is 22.8. The molecular formula is C32H48N2O3Si2. The fraction of sp³-hybridized carbons (Fsp3) is 0.500. The lowest BCUT2D eigenvalue weighted by atomic mass is 10.0. The number of allylic oxidation sites excluding steroid dienone is 2. The van der Waals surface area contributed by atoms with Crippen LogP contribution in [-0.4, -0.2) is 53.0 Å². The third-order valence-corrected chi connectivity index (χ3v) is 15.3. The molecule has 0 unspecified atom stereocenters. The summed E-state index contributed by atoms with van der Waals surface area (Å²) in [5.41, 5.74) is 5.07. The quantitative estimate of drug-likeness (QED) is 0.177. The van der Waals surface area contributed by atoms with Gasteiger partial charge < -0.3 is 13.6 Å². The Kier molecular flexibility index (Phi) is 10.3. The third-order valence-electron chi connectivity index (χ3n) is 7.71. The summed E-state index contributed by atoms with van der Waals surface area (Å²) >= 11 is 0. The molecule has 0 aromatic heterocycles. The van der Waals surface area contributed by atoms with E-state index in [0.29, 0.717) is 13.5 Å². The van der Waals surface area contributed by atoms with Gasteiger partial charge in [0.2, 0.25) is 0 Å². The molecule has 0 amide bonds. The highest BCUT2D eigenvalue weighted by Crippen LogP contribution is 2.32. The van der Waals surface area contributed by atoms with Crippen LogP contribution in [0.4, 0.5) is 0 Å². The number of rotatable bonds is 14. The van der Waals surface area contributed by atoms with E-state index in [1.54, 1.807) is 0 Å². The minimum Gasteiger partial charge on any atom is -0.477 e. The van der Waals surface area contributed by atoms with Crippen molar-refractivity contribution >= 4 is 16.6 Å². The molecule has 0 radical (unpaired) electrons. The zero-order chi connectivity index (χ0) is 27.9. The number of hydrogen-bond donors (Lipinski definition) is 0. The maximum absolute atomic E-state index is 6.96. The van der Waals surface area contributed by atoms with Crippen molar-refractivity contribution in [2.45, 2.75) is 77.0 Å². The average Bonchev–Trinajstić information content (AvgIpc) is 2.88. The van der Waals surface area contributed by atoms with E-state index in [2.05, 4.69) is 85.5 Å². The molecule has 0 bridgehead atoms. The minimum absolute atomic E-state index is 0.671. The third kappa shape index (κ3) is 8.41. The molecule has 4 rings (SSSR count). The van der Waals surface area contributed by atoms with E-state index < -0.39 is 16.6 Å². The van der Waals surface area contributed by atoms with Crippen LogP contribution in [0.15, 0.2) is 61.7 Å². The van der Waals surface area contributed by atoms with Crippen LogP contribution in [-0.2, 0) is 30.0 Å². The topological polar surface area (TPSA) is 34.2 Å². The Balaban J connectivity index is 1.18. The van der Waals surface area contributed by atoms with E-state index >= 15 is 0 Å². The van der Waals surface area contributed by atoms with Crippen molar-refractivity contribution in [2.24, 2.45) is 0 Å². The lowest BCUT2D eigenvalue weighted by Gasteiger charge is -2.36. The van der Waals surface area contributed by atoms with E-state index in [9.17, 15) is 0 Å². The van der Waals surface area contributed by atoms with Gasteiger partial charge in [-0.2, -0.15) is 0 Å². The van der Waals surface area contributed by atoms with E-state index in [1.165, 1.54) is 34.3 Å². The Morgan fingerprint density at radius 1 is 0.744 bits per heavy atom. The summed E-state index contributed by atoms with van der Waals surface area (Å²) in [5, 5.41) is 0. The van der Waals surface area contributed by atoms with E-state index in [1.807, 2.05) is 12.2 Å². The van der Waals surface area contributed by atoms with Gasteiger partial charge in [0.1, 0.15) is 25.0 Å². The SMILES string of the molecule is C=CCc1cccc2c1OCN(CCC[Si](C)(C)O[Si](C)(C)CCCN1COc3c(CC=C)cccc3C1)C2. The highest BCUT2D eigenvalue weighted by molar-refractivity contribution is 6.84. The number of benzene rings is 2. The molecule has 0 N–H and O–H groups in total. The maximum atomic E-state index is 6.96. The molecular weight excluding hydrogens is 517 g/mol. The smallest absolute Gasteiger partial charge is 0.173 e. The lowest BCUT2D eigenvalue weighted by molar-refractivity contribution is 0.0941. The first-order chi connectivity index (χ1) is 18.7. The van der Waals surface area contributed by atoms with Crippen molar-refractivity contribution in [3.63, 3.8) is 0 Å². The molecule has 7 heteroatoms. The number of nitrogens with zero attached hydrogens (tertiary/aromatic N) is 2. The molecule has 0 atom stereocenters. The van der Waals surface area contributed by atoms with Gasteiger partial charge >= 0.3 is 0 Å². The van der Waals surface area contributed by atoms with Gasteiger partial charge in [-0.3, -0.25) is 9.80 Å². The van der Waals surface area contributed by atoms with Crippen molar-refractivity contribution < 1.29 is 13.6 Å². The van der Waals surface area contributed by atoms with Crippen molar-refractivity contribution in [3.8, 4) is 11.5 Å². The van der Waals surface area contributed by atoms with Crippen LogP contribution in [0, 0.1) is 0 Å². The predicted octanol–water partition coefficient (Wildman–Crippen LogP) is 7.35. The van der Waals surface area contributed by atoms with Crippen LogP contribution in [0.5, 0.6) is 11.5 Å². The molecule has 2 heterocycles. The molecule has 39 heavy (non-hydrogen) atoms. The molecule has 212 valence electrons. The first-order valence-corrected chi connectivity index (χ1v) is 20.8. The summed E-state index contributed by atoms with van der Waals surface area (Å²) in [5.74, 6) is 2.13. The van der Waals surface area contributed by atoms with Gasteiger partial charge in [-0.05, 0) is 75.1 Å². The van der Waals surface area contributed by atoms with Crippen LogP contribution in [0.1, 0.15) is 35.1 Å². The fourth-order valence-corrected chi connectivity index (χ4v) is 14.8. The zero-order valence-corrected chi connectivity index (χ0v) is 26.6. The molecule has 2 aliphatic rings. The highest BCUT2D eigenvalue weighted by atomic mass is 28.4. The Bertz CT molecular complexity index is 1050. The summed E-state index contributed by atoms with van der Waals surface area (Å²) < 4.78 is 19.3. The first-order valence-electron chi connectivity index (χ1n) is 14.5. The van der Waals surface area contributed by atoms with E-state index in [4.69, 9.17) is 13.6 Å². The standard InChI is InChI=1S/C32H48N2O3Si2/c1-7-13-27-15-9-17-29-23-33(25-35-31(27)29)19-11-21-38(3,4)37-39(5,6)22-12-20-34-24-30-18-10-16-28(14-8-2)32(30)36-26-34/h7-10,15-18H,1-2,11-14,19-26H2,3-6H3. The van der Waals surface area contributed by atoms with E-state index in [0.717, 1.165) is 63.4 Å².